The normalized spacial score (nSPS) is 10.2. The number of carbonyl (C=O) groups is 1. The molecule has 0 bridgehead atoms. The molecule has 0 aliphatic rings. The largest absolute Gasteiger partial charge is 0.496 e. The molecular weight excluding hydrogens is 252 g/mol. The molecule has 0 saturated heterocycles. The van der Waals surface area contributed by atoms with E-state index in [0.717, 1.165) is 0 Å². The Kier molecular flexibility index (Phi) is 3.65. The van der Waals surface area contributed by atoms with Crippen LogP contribution in [0.2, 0.25) is 0 Å². The molecule has 0 saturated carbocycles. The highest BCUT2D eigenvalue weighted by molar-refractivity contribution is 5.72. The van der Waals surface area contributed by atoms with E-state index in [0.29, 0.717) is 17.1 Å². The second kappa shape index (κ2) is 5.38. The smallest absolute Gasteiger partial charge is 0.311 e. The van der Waals surface area contributed by atoms with E-state index in [-0.39, 0.29) is 18.1 Å². The maximum atomic E-state index is 10.6. The van der Waals surface area contributed by atoms with Gasteiger partial charge < -0.3 is 19.1 Å². The first kappa shape index (κ1) is 12.9. The summed E-state index contributed by atoms with van der Waals surface area (Å²) < 4.78 is 15.5. The Morgan fingerprint density at radius 1 is 1.32 bits per heavy atom. The number of methoxy groups -OCH3 is 2. The summed E-state index contributed by atoms with van der Waals surface area (Å²) in [6.07, 6.45) is -0.305. The number of rotatable bonds is 5. The van der Waals surface area contributed by atoms with Crippen molar-refractivity contribution in [2.24, 2.45) is 0 Å². The minimum absolute atomic E-state index is 0.0930. The number of ether oxygens (including phenoxy) is 2. The summed E-state index contributed by atoms with van der Waals surface area (Å²) in [4.78, 5) is 14.6. The number of benzene rings is 1. The fraction of sp³-hybridized carbons (Fsp3) is 0.250. The van der Waals surface area contributed by atoms with E-state index in [1.54, 1.807) is 18.2 Å². The van der Waals surface area contributed by atoms with Crippen LogP contribution in [0.4, 0.5) is 0 Å². The summed E-state index contributed by atoms with van der Waals surface area (Å²) in [7, 11) is 3.01. The second-order valence-electron chi connectivity index (χ2n) is 3.62. The van der Waals surface area contributed by atoms with Gasteiger partial charge in [-0.3, -0.25) is 4.79 Å². The molecule has 0 amide bonds. The lowest BCUT2D eigenvalue weighted by Crippen LogP contribution is -2.01. The van der Waals surface area contributed by atoms with Gasteiger partial charge in [-0.2, -0.15) is 4.98 Å². The van der Waals surface area contributed by atoms with Crippen molar-refractivity contribution < 1.29 is 23.9 Å². The monoisotopic (exact) mass is 264 g/mol. The Morgan fingerprint density at radius 3 is 2.47 bits per heavy atom. The van der Waals surface area contributed by atoms with E-state index >= 15 is 0 Å². The molecule has 19 heavy (non-hydrogen) atoms. The number of carboxylic acid groups (broad SMARTS) is 1. The molecular formula is C12H12N2O5. The van der Waals surface area contributed by atoms with Gasteiger partial charge in [0.1, 0.15) is 23.5 Å². The van der Waals surface area contributed by atoms with Crippen LogP contribution in [-0.4, -0.2) is 35.4 Å². The zero-order chi connectivity index (χ0) is 13.8. The highest BCUT2D eigenvalue weighted by atomic mass is 16.5. The average molecular weight is 264 g/mol. The van der Waals surface area contributed by atoms with Crippen LogP contribution in [0.3, 0.4) is 0 Å². The third-order valence-electron chi connectivity index (χ3n) is 2.42. The van der Waals surface area contributed by atoms with Gasteiger partial charge >= 0.3 is 5.97 Å². The van der Waals surface area contributed by atoms with E-state index in [1.807, 2.05) is 0 Å². The van der Waals surface area contributed by atoms with Gasteiger partial charge in [0, 0.05) is 0 Å². The zero-order valence-corrected chi connectivity index (χ0v) is 10.4. The lowest BCUT2D eigenvalue weighted by Gasteiger charge is -2.09. The summed E-state index contributed by atoms with van der Waals surface area (Å²) in [5, 5.41) is 12.3. The molecule has 0 radical (unpaired) electrons. The highest BCUT2D eigenvalue weighted by Gasteiger charge is 2.19. The van der Waals surface area contributed by atoms with Crippen LogP contribution in [0, 0.1) is 0 Å². The van der Waals surface area contributed by atoms with Crippen LogP contribution in [-0.2, 0) is 11.2 Å². The first-order chi connectivity index (χ1) is 9.15. The molecule has 7 heteroatoms. The molecule has 1 heterocycles. The first-order valence-electron chi connectivity index (χ1n) is 5.41. The number of nitrogens with zero attached hydrogens (tertiary/aromatic N) is 2. The molecule has 100 valence electrons. The average Bonchev–Trinajstić information content (AvgIpc) is 2.84. The van der Waals surface area contributed by atoms with Crippen molar-refractivity contribution >= 4 is 5.97 Å². The topological polar surface area (TPSA) is 94.7 Å². The molecule has 2 rings (SSSR count). The van der Waals surface area contributed by atoms with Crippen molar-refractivity contribution in [3.05, 3.63) is 24.0 Å². The number of hydrogen-bond acceptors (Lipinski definition) is 6. The summed E-state index contributed by atoms with van der Waals surface area (Å²) in [5.74, 6) is 0.232. The number of aromatic nitrogens is 2. The van der Waals surface area contributed by atoms with E-state index in [4.69, 9.17) is 19.1 Å². The van der Waals surface area contributed by atoms with Crippen molar-refractivity contribution in [1.29, 1.82) is 0 Å². The van der Waals surface area contributed by atoms with Crippen LogP contribution < -0.4 is 9.47 Å². The van der Waals surface area contributed by atoms with Gasteiger partial charge in [-0.25, -0.2) is 0 Å². The lowest BCUT2D eigenvalue weighted by atomic mass is 10.1. The Labute approximate surface area is 108 Å². The molecule has 0 unspecified atom stereocenters. The Hall–Kier alpha value is -2.57. The van der Waals surface area contributed by atoms with Crippen LogP contribution in [0.15, 0.2) is 22.7 Å². The fourth-order valence-corrected chi connectivity index (χ4v) is 1.62. The molecule has 0 atom stereocenters. The van der Waals surface area contributed by atoms with Gasteiger partial charge in [0.15, 0.2) is 5.82 Å². The van der Waals surface area contributed by atoms with Crippen LogP contribution in [0.25, 0.3) is 11.5 Å². The molecule has 0 aliphatic heterocycles. The molecule has 1 N–H and O–H groups in total. The zero-order valence-electron chi connectivity index (χ0n) is 10.4. The molecule has 7 nitrogen and oxygen atoms in total. The molecule has 0 fully saturated rings. The van der Waals surface area contributed by atoms with Crippen LogP contribution in [0.5, 0.6) is 11.5 Å². The van der Waals surface area contributed by atoms with Crippen molar-refractivity contribution in [1.82, 2.24) is 10.1 Å². The predicted octanol–water partition coefficient (Wildman–Crippen LogP) is 1.38. The third-order valence-corrected chi connectivity index (χ3v) is 2.42. The SMILES string of the molecule is COc1cccc(OC)c1-c1nc(CC(=O)O)no1. The maximum Gasteiger partial charge on any atom is 0.311 e. The maximum absolute atomic E-state index is 10.6. The van der Waals surface area contributed by atoms with Crippen molar-refractivity contribution in [3.63, 3.8) is 0 Å². The minimum atomic E-state index is -1.03. The molecule has 2 aromatic rings. The van der Waals surface area contributed by atoms with Gasteiger partial charge in [0.25, 0.3) is 5.89 Å². The first-order valence-corrected chi connectivity index (χ1v) is 5.41. The van der Waals surface area contributed by atoms with Gasteiger partial charge in [-0.1, -0.05) is 11.2 Å². The van der Waals surface area contributed by atoms with Gasteiger partial charge in [-0.15, -0.1) is 0 Å². The number of hydrogen-bond donors (Lipinski definition) is 1. The van der Waals surface area contributed by atoms with Crippen molar-refractivity contribution in [2.45, 2.75) is 6.42 Å². The molecule has 0 aliphatic carbocycles. The lowest BCUT2D eigenvalue weighted by molar-refractivity contribution is -0.136. The van der Waals surface area contributed by atoms with Gasteiger partial charge in [-0.05, 0) is 12.1 Å². The van der Waals surface area contributed by atoms with Crippen molar-refractivity contribution in [3.8, 4) is 23.0 Å². The standard InChI is InChI=1S/C12H12N2O5/c1-17-7-4-3-5-8(18-2)11(7)12-13-9(14-19-12)6-10(15)16/h3-5H,6H2,1-2H3,(H,15,16). The van der Waals surface area contributed by atoms with E-state index < -0.39 is 5.97 Å². The summed E-state index contributed by atoms with van der Waals surface area (Å²) >= 11 is 0. The summed E-state index contributed by atoms with van der Waals surface area (Å²) in [6.45, 7) is 0. The minimum Gasteiger partial charge on any atom is -0.496 e. The van der Waals surface area contributed by atoms with E-state index in [2.05, 4.69) is 10.1 Å². The van der Waals surface area contributed by atoms with Gasteiger partial charge in [0.2, 0.25) is 0 Å². The quantitative estimate of drug-likeness (QED) is 0.871. The van der Waals surface area contributed by atoms with Crippen LogP contribution in [0.1, 0.15) is 5.82 Å². The predicted molar refractivity (Wildman–Crippen MR) is 64.2 cm³/mol. The Bertz CT molecular complexity index is 571. The number of aliphatic carboxylic acids is 1. The fourth-order valence-electron chi connectivity index (χ4n) is 1.62. The van der Waals surface area contributed by atoms with Crippen LogP contribution >= 0.6 is 0 Å². The van der Waals surface area contributed by atoms with Crippen molar-refractivity contribution in [2.75, 3.05) is 14.2 Å². The van der Waals surface area contributed by atoms with Gasteiger partial charge in [0.05, 0.1) is 14.2 Å². The molecule has 1 aromatic carbocycles. The Balaban J connectivity index is 2.45. The molecule has 1 aromatic heterocycles. The summed E-state index contributed by atoms with van der Waals surface area (Å²) in [5.41, 5.74) is 0.497. The highest BCUT2D eigenvalue weighted by Crippen LogP contribution is 2.37. The second-order valence-corrected chi connectivity index (χ2v) is 3.62. The van der Waals surface area contributed by atoms with E-state index in [1.165, 1.54) is 14.2 Å². The third kappa shape index (κ3) is 2.65. The number of carboxylic acids is 1. The van der Waals surface area contributed by atoms with E-state index in [9.17, 15) is 4.79 Å². The molecule has 0 spiro atoms. The Morgan fingerprint density at radius 2 is 1.95 bits per heavy atom. The summed E-state index contributed by atoms with van der Waals surface area (Å²) in [6, 6.07) is 5.20.